The Morgan fingerprint density at radius 3 is 2.58 bits per heavy atom. The lowest BCUT2D eigenvalue weighted by Crippen LogP contribution is -2.53. The summed E-state index contributed by atoms with van der Waals surface area (Å²) in [7, 11) is 0. The molecule has 3 aliphatic rings. The lowest BCUT2D eigenvalue weighted by atomic mass is 9.97. The smallest absolute Gasteiger partial charge is 0.259 e. The lowest BCUT2D eigenvalue weighted by Gasteiger charge is -2.30. The van der Waals surface area contributed by atoms with Crippen LogP contribution in [0.3, 0.4) is 0 Å². The number of hydrogen-bond donors (Lipinski definition) is 1. The summed E-state index contributed by atoms with van der Waals surface area (Å²) in [5, 5.41) is 9.19. The Labute approximate surface area is 224 Å². The van der Waals surface area contributed by atoms with Crippen LogP contribution in [-0.2, 0) is 16.0 Å². The molecule has 3 aliphatic heterocycles. The van der Waals surface area contributed by atoms with Gasteiger partial charge in [-0.1, -0.05) is 29.8 Å². The number of hydrogen-bond acceptors (Lipinski definition) is 5. The van der Waals surface area contributed by atoms with Gasteiger partial charge in [0.1, 0.15) is 6.04 Å². The first-order valence-electron chi connectivity index (χ1n) is 11.8. The molecular weight excluding hydrogens is 525 g/mol. The van der Waals surface area contributed by atoms with Gasteiger partial charge in [-0.2, -0.15) is 5.10 Å². The van der Waals surface area contributed by atoms with Crippen molar-refractivity contribution in [2.75, 3.05) is 18.0 Å². The number of benzene rings is 2. The van der Waals surface area contributed by atoms with E-state index in [0.29, 0.717) is 29.2 Å². The summed E-state index contributed by atoms with van der Waals surface area (Å²) in [5.41, 5.74) is 3.34. The average Bonchev–Trinajstić information content (AvgIpc) is 3.34. The molecule has 2 saturated heterocycles. The number of nitrogens with zero attached hydrogens (tertiary/aromatic N) is 4. The van der Waals surface area contributed by atoms with Crippen LogP contribution in [0.1, 0.15) is 53.3 Å². The summed E-state index contributed by atoms with van der Waals surface area (Å²) in [6.07, 6.45) is 2.92. The van der Waals surface area contributed by atoms with Crippen LogP contribution in [0.2, 0.25) is 5.15 Å². The minimum atomic E-state index is -0.699. The third-order valence-corrected chi connectivity index (χ3v) is 7.77. The van der Waals surface area contributed by atoms with E-state index in [2.05, 4.69) is 10.4 Å². The molecule has 0 saturated carbocycles. The largest absolute Gasteiger partial charge is 0.295 e. The van der Waals surface area contributed by atoms with Crippen LogP contribution in [0.15, 0.2) is 36.4 Å². The Morgan fingerprint density at radius 1 is 1.06 bits per heavy atom. The van der Waals surface area contributed by atoms with Gasteiger partial charge in [0.15, 0.2) is 5.15 Å². The summed E-state index contributed by atoms with van der Waals surface area (Å²) >= 11 is 12.5. The van der Waals surface area contributed by atoms with Gasteiger partial charge in [0.05, 0.1) is 11.7 Å². The molecule has 4 heterocycles. The quantitative estimate of drug-likeness (QED) is 0.389. The van der Waals surface area contributed by atoms with Crippen molar-refractivity contribution in [2.45, 2.75) is 44.2 Å². The van der Waals surface area contributed by atoms with Gasteiger partial charge in [-0.05, 0) is 60.2 Å². The van der Waals surface area contributed by atoms with Gasteiger partial charge in [0.2, 0.25) is 11.8 Å². The molecule has 2 fully saturated rings. The normalized spacial score (nSPS) is 20.7. The van der Waals surface area contributed by atoms with E-state index in [4.69, 9.17) is 23.4 Å². The Hall–Kier alpha value is -2.65. The number of rotatable bonds is 4. The number of anilines is 1. The van der Waals surface area contributed by atoms with Crippen molar-refractivity contribution in [3.8, 4) is 0 Å². The first-order chi connectivity index (χ1) is 16.9. The zero-order valence-corrected chi connectivity index (χ0v) is 21.6. The molecule has 11 heteroatoms. The van der Waals surface area contributed by atoms with E-state index in [0.717, 1.165) is 48.0 Å². The summed E-state index contributed by atoms with van der Waals surface area (Å²) < 4.78 is 3.83. The minimum Gasteiger partial charge on any atom is -0.295 e. The van der Waals surface area contributed by atoms with Crippen molar-refractivity contribution in [3.63, 3.8) is 0 Å². The molecule has 188 valence electrons. The summed E-state index contributed by atoms with van der Waals surface area (Å²) in [4.78, 5) is 39.1. The van der Waals surface area contributed by atoms with Crippen molar-refractivity contribution in [1.82, 2.24) is 19.5 Å². The van der Waals surface area contributed by atoms with Crippen molar-refractivity contribution in [3.05, 3.63) is 58.4 Å². The third-order valence-electron chi connectivity index (χ3n) is 7.25. The molecule has 0 bridgehead atoms. The second kappa shape index (κ2) is 9.67. The van der Waals surface area contributed by atoms with E-state index < -0.39 is 11.9 Å². The average molecular weight is 549 g/mol. The Kier molecular flexibility index (Phi) is 6.72. The Bertz CT molecular complexity index is 1380. The highest BCUT2D eigenvalue weighted by molar-refractivity contribution is 6.29. The number of imide groups is 1. The number of carbonyl (C=O) groups excluding carboxylic acids is 3. The second-order valence-electron chi connectivity index (χ2n) is 9.33. The first-order valence-corrected chi connectivity index (χ1v) is 12.5. The van der Waals surface area contributed by atoms with Crippen LogP contribution >= 0.6 is 35.8 Å². The first kappa shape index (κ1) is 25.0. The number of amides is 3. The molecule has 2 aromatic carbocycles. The van der Waals surface area contributed by atoms with Crippen LogP contribution in [0.25, 0.3) is 10.8 Å². The highest BCUT2D eigenvalue weighted by Gasteiger charge is 2.40. The lowest BCUT2D eigenvalue weighted by molar-refractivity contribution is -0.134. The molecule has 6 rings (SSSR count). The summed E-state index contributed by atoms with van der Waals surface area (Å²) in [6, 6.07) is 11.0. The molecule has 1 aromatic heterocycles. The number of piperidine rings is 2. The van der Waals surface area contributed by atoms with E-state index in [9.17, 15) is 14.4 Å². The zero-order valence-electron chi connectivity index (χ0n) is 19.2. The fourth-order valence-corrected chi connectivity index (χ4v) is 5.98. The number of nitrogens with one attached hydrogen (secondary N) is 1. The molecule has 1 N–H and O–H groups in total. The fraction of sp³-hybridized carbons (Fsp3) is 0.360. The zero-order chi connectivity index (χ0) is 24.3. The van der Waals surface area contributed by atoms with Crippen molar-refractivity contribution in [2.24, 2.45) is 0 Å². The van der Waals surface area contributed by atoms with Gasteiger partial charge in [0, 0.05) is 42.6 Å². The van der Waals surface area contributed by atoms with E-state index in [1.165, 1.54) is 0 Å². The Balaban J connectivity index is 0.00000267. The highest BCUT2D eigenvalue weighted by Crippen LogP contribution is 2.41. The van der Waals surface area contributed by atoms with Crippen LogP contribution in [0, 0.1) is 0 Å². The van der Waals surface area contributed by atoms with Gasteiger partial charge in [0.25, 0.3) is 5.91 Å². The van der Waals surface area contributed by atoms with Crippen molar-refractivity contribution >= 4 is 70.0 Å². The van der Waals surface area contributed by atoms with Crippen LogP contribution < -0.4 is 10.2 Å². The number of aromatic nitrogens is 2. The topological polar surface area (TPSA) is 87.5 Å². The Morgan fingerprint density at radius 2 is 1.83 bits per heavy atom. The number of carbonyl (C=O) groups is 3. The maximum Gasteiger partial charge on any atom is 0.259 e. The molecule has 0 spiro atoms. The predicted molar refractivity (Wildman–Crippen MR) is 140 cm³/mol. The highest BCUT2D eigenvalue weighted by atomic mass is 35.5. The van der Waals surface area contributed by atoms with Gasteiger partial charge in [-0.25, -0.2) is 4.42 Å². The predicted octanol–water partition coefficient (Wildman–Crippen LogP) is 4.26. The summed E-state index contributed by atoms with van der Waals surface area (Å²) in [5.74, 6) is -0.942. The SMILES string of the molecule is Cl.O=C1CCC(N2C(=O)c3cccc4c(Cc5cc(Cl)nn5C5CCN(Cl)CC5)ccc2c34)C(=O)N1. The molecule has 3 aromatic rings. The maximum atomic E-state index is 13.4. The molecule has 3 amide bonds. The molecule has 8 nitrogen and oxygen atoms in total. The van der Waals surface area contributed by atoms with Crippen molar-refractivity contribution < 1.29 is 14.4 Å². The van der Waals surface area contributed by atoms with Gasteiger partial charge >= 0.3 is 0 Å². The molecule has 0 radical (unpaired) electrons. The number of halogens is 3. The maximum absolute atomic E-state index is 13.4. The molecule has 1 atom stereocenters. The van der Waals surface area contributed by atoms with E-state index in [1.807, 2.05) is 35.0 Å². The van der Waals surface area contributed by atoms with E-state index >= 15 is 0 Å². The van der Waals surface area contributed by atoms with Gasteiger partial charge in [-0.3, -0.25) is 29.3 Å². The molecular formula is C25H24Cl3N5O3. The fourth-order valence-electron chi connectivity index (χ4n) is 5.58. The van der Waals surface area contributed by atoms with E-state index in [-0.39, 0.29) is 36.7 Å². The second-order valence-corrected chi connectivity index (χ2v) is 10.2. The van der Waals surface area contributed by atoms with Gasteiger partial charge < -0.3 is 0 Å². The van der Waals surface area contributed by atoms with Crippen LogP contribution in [0.5, 0.6) is 0 Å². The summed E-state index contributed by atoms with van der Waals surface area (Å²) in [6.45, 7) is 1.59. The van der Waals surface area contributed by atoms with Gasteiger partial charge in [-0.15, -0.1) is 12.4 Å². The third kappa shape index (κ3) is 4.16. The van der Waals surface area contributed by atoms with E-state index in [1.54, 1.807) is 15.4 Å². The molecule has 36 heavy (non-hydrogen) atoms. The molecule has 0 aliphatic carbocycles. The standard InChI is InChI=1S/C25H23Cl2N5O3.ClH/c26-21-13-16(32(29-21)15-8-10-30(27)11-9-15)12-14-4-5-19-23-17(14)2-1-3-18(23)25(35)31(19)20-6-7-22(33)28-24(20)34;/h1-5,13,15,20H,6-12H2,(H,28,33,34);1H. The van der Waals surface area contributed by atoms with Crippen LogP contribution in [-0.4, -0.2) is 51.1 Å². The minimum absolute atomic E-state index is 0. The van der Waals surface area contributed by atoms with Crippen molar-refractivity contribution in [1.29, 1.82) is 0 Å². The van der Waals surface area contributed by atoms with Crippen LogP contribution in [0.4, 0.5) is 5.69 Å². The monoisotopic (exact) mass is 547 g/mol. The molecule has 1 unspecified atom stereocenters.